The van der Waals surface area contributed by atoms with Gasteiger partial charge in [0.05, 0.1) is 5.56 Å². The molecule has 0 atom stereocenters. The molecule has 0 aliphatic carbocycles. The van der Waals surface area contributed by atoms with Gasteiger partial charge in [0.25, 0.3) is 0 Å². The second-order valence-corrected chi connectivity index (χ2v) is 6.07. The fourth-order valence-electron chi connectivity index (χ4n) is 2.46. The molecule has 0 aromatic heterocycles. The van der Waals surface area contributed by atoms with E-state index in [1.807, 2.05) is 32.0 Å². The summed E-state index contributed by atoms with van der Waals surface area (Å²) in [5.41, 5.74) is 1.31. The van der Waals surface area contributed by atoms with Crippen LogP contribution in [0.4, 0.5) is 0 Å². The number of benzene rings is 2. The van der Waals surface area contributed by atoms with Crippen molar-refractivity contribution < 1.29 is 9.47 Å². The first-order valence-corrected chi connectivity index (χ1v) is 7.05. The van der Waals surface area contributed by atoms with Crippen molar-refractivity contribution in [2.45, 2.75) is 25.9 Å². The maximum atomic E-state index is 9.16. The zero-order valence-electron chi connectivity index (χ0n) is 11.8. The summed E-state index contributed by atoms with van der Waals surface area (Å²) in [5.74, 6) is 1.79. The number of nitriles is 1. The molecular weight excluding hydrogens is 286 g/mol. The second kappa shape index (κ2) is 4.98. The van der Waals surface area contributed by atoms with Crippen LogP contribution in [0.3, 0.4) is 0 Å². The summed E-state index contributed by atoms with van der Waals surface area (Å²) in [6, 6.07) is 12.8. The van der Waals surface area contributed by atoms with Gasteiger partial charge < -0.3 is 9.47 Å². The molecule has 2 aromatic rings. The Morgan fingerprint density at radius 3 is 2.81 bits per heavy atom. The van der Waals surface area contributed by atoms with Gasteiger partial charge in [-0.1, -0.05) is 23.7 Å². The van der Waals surface area contributed by atoms with Crippen LogP contribution in [0, 0.1) is 11.3 Å². The third kappa shape index (κ3) is 2.68. The molecule has 3 nitrogen and oxygen atoms in total. The molecule has 21 heavy (non-hydrogen) atoms. The van der Waals surface area contributed by atoms with Gasteiger partial charge in [0, 0.05) is 23.1 Å². The first kappa shape index (κ1) is 13.8. The van der Waals surface area contributed by atoms with Crippen LogP contribution in [0.2, 0.25) is 5.02 Å². The van der Waals surface area contributed by atoms with Gasteiger partial charge in [-0.05, 0) is 32.0 Å². The van der Waals surface area contributed by atoms with Crippen LogP contribution < -0.4 is 9.47 Å². The predicted octanol–water partition coefficient (Wildman–Crippen LogP) is 4.72. The van der Waals surface area contributed by atoms with E-state index >= 15 is 0 Å². The Morgan fingerprint density at radius 1 is 1.24 bits per heavy atom. The lowest BCUT2D eigenvalue weighted by molar-refractivity contribution is 0.135. The average Bonchev–Trinajstić information content (AvgIpc) is 2.74. The van der Waals surface area contributed by atoms with E-state index in [-0.39, 0.29) is 5.60 Å². The molecule has 4 heteroatoms. The van der Waals surface area contributed by atoms with Crippen molar-refractivity contribution >= 4 is 11.6 Å². The maximum Gasteiger partial charge on any atom is 0.169 e. The van der Waals surface area contributed by atoms with E-state index in [4.69, 9.17) is 26.3 Å². The molecule has 1 aliphatic rings. The van der Waals surface area contributed by atoms with Crippen LogP contribution in [-0.2, 0) is 6.42 Å². The Hall–Kier alpha value is -2.18. The number of ether oxygens (including phenoxy) is 2. The molecule has 0 unspecified atom stereocenters. The highest BCUT2D eigenvalue weighted by atomic mass is 35.5. The third-order valence-corrected chi connectivity index (χ3v) is 3.57. The van der Waals surface area contributed by atoms with Gasteiger partial charge in [-0.2, -0.15) is 5.26 Å². The first-order chi connectivity index (χ1) is 9.98. The minimum Gasteiger partial charge on any atom is -0.483 e. The van der Waals surface area contributed by atoms with Crippen LogP contribution in [0.5, 0.6) is 17.2 Å². The number of para-hydroxylation sites is 1. The van der Waals surface area contributed by atoms with Gasteiger partial charge in [-0.25, -0.2) is 0 Å². The van der Waals surface area contributed by atoms with Crippen molar-refractivity contribution in [2.75, 3.05) is 0 Å². The van der Waals surface area contributed by atoms with Crippen molar-refractivity contribution in [3.05, 3.63) is 52.5 Å². The number of hydrogen-bond acceptors (Lipinski definition) is 3. The summed E-state index contributed by atoms with van der Waals surface area (Å²) in [6.45, 7) is 4.08. The molecule has 0 N–H and O–H groups in total. The topological polar surface area (TPSA) is 42.2 Å². The van der Waals surface area contributed by atoms with E-state index in [1.54, 1.807) is 18.2 Å². The summed E-state index contributed by atoms with van der Waals surface area (Å²) in [7, 11) is 0. The van der Waals surface area contributed by atoms with E-state index in [1.165, 1.54) is 0 Å². The summed E-state index contributed by atoms with van der Waals surface area (Å²) in [6.07, 6.45) is 0.834. The lowest BCUT2D eigenvalue weighted by atomic mass is 10.0. The van der Waals surface area contributed by atoms with Crippen LogP contribution in [-0.4, -0.2) is 5.60 Å². The zero-order valence-corrected chi connectivity index (χ0v) is 12.6. The molecule has 1 heterocycles. The minimum absolute atomic E-state index is 0.242. The molecule has 2 aromatic carbocycles. The smallest absolute Gasteiger partial charge is 0.169 e. The molecular formula is C17H14ClNO2. The van der Waals surface area contributed by atoms with Gasteiger partial charge in [0.1, 0.15) is 17.4 Å². The van der Waals surface area contributed by atoms with Crippen molar-refractivity contribution in [1.29, 1.82) is 5.26 Å². The van der Waals surface area contributed by atoms with Gasteiger partial charge in [-0.3, -0.25) is 0 Å². The normalized spacial score (nSPS) is 15.0. The van der Waals surface area contributed by atoms with Gasteiger partial charge in [0.15, 0.2) is 11.5 Å². The van der Waals surface area contributed by atoms with E-state index < -0.39 is 0 Å². The number of fused-ring (bicyclic) bond motifs is 1. The SMILES string of the molecule is CC1(C)Cc2cccc(Oc3cc(Cl)ccc3C#N)c2O1. The fraction of sp³-hybridized carbons (Fsp3) is 0.235. The van der Waals surface area contributed by atoms with Crippen molar-refractivity contribution in [3.8, 4) is 23.3 Å². The standard InChI is InChI=1S/C17H14ClNO2/c1-17(2)9-11-4-3-5-14(16(11)21-17)20-15-8-13(18)7-6-12(15)10-19/h3-8H,9H2,1-2H3. The largest absolute Gasteiger partial charge is 0.483 e. The lowest BCUT2D eigenvalue weighted by Crippen LogP contribution is -2.24. The van der Waals surface area contributed by atoms with Crippen molar-refractivity contribution in [2.24, 2.45) is 0 Å². The van der Waals surface area contributed by atoms with Crippen molar-refractivity contribution in [1.82, 2.24) is 0 Å². The Kier molecular flexibility index (Phi) is 3.27. The molecule has 0 spiro atoms. The lowest BCUT2D eigenvalue weighted by Gasteiger charge is -2.18. The molecule has 0 saturated carbocycles. The molecule has 3 rings (SSSR count). The van der Waals surface area contributed by atoms with Gasteiger partial charge in [0.2, 0.25) is 0 Å². The summed E-state index contributed by atoms with van der Waals surface area (Å²) >= 11 is 5.98. The highest BCUT2D eigenvalue weighted by Gasteiger charge is 2.32. The number of nitrogens with zero attached hydrogens (tertiary/aromatic N) is 1. The number of hydrogen-bond donors (Lipinski definition) is 0. The van der Waals surface area contributed by atoms with Gasteiger partial charge in [-0.15, -0.1) is 0 Å². The Bertz CT molecular complexity index is 747. The number of rotatable bonds is 2. The van der Waals surface area contributed by atoms with E-state index in [9.17, 15) is 0 Å². The Morgan fingerprint density at radius 2 is 2.05 bits per heavy atom. The molecule has 0 saturated heterocycles. The fourth-order valence-corrected chi connectivity index (χ4v) is 2.62. The summed E-state index contributed by atoms with van der Waals surface area (Å²) in [5, 5.41) is 9.69. The zero-order chi connectivity index (χ0) is 15.0. The molecule has 106 valence electrons. The Labute approximate surface area is 128 Å². The van der Waals surface area contributed by atoms with E-state index in [0.29, 0.717) is 22.1 Å². The quantitative estimate of drug-likeness (QED) is 0.806. The third-order valence-electron chi connectivity index (χ3n) is 3.34. The van der Waals surface area contributed by atoms with Crippen LogP contribution in [0.15, 0.2) is 36.4 Å². The van der Waals surface area contributed by atoms with E-state index in [2.05, 4.69) is 6.07 Å². The van der Waals surface area contributed by atoms with Crippen LogP contribution >= 0.6 is 11.6 Å². The number of halogens is 1. The monoisotopic (exact) mass is 299 g/mol. The van der Waals surface area contributed by atoms with E-state index in [0.717, 1.165) is 17.7 Å². The second-order valence-electron chi connectivity index (χ2n) is 5.64. The summed E-state index contributed by atoms with van der Waals surface area (Å²) in [4.78, 5) is 0. The maximum absolute atomic E-state index is 9.16. The first-order valence-electron chi connectivity index (χ1n) is 6.67. The molecule has 0 radical (unpaired) electrons. The van der Waals surface area contributed by atoms with Crippen LogP contribution in [0.25, 0.3) is 0 Å². The van der Waals surface area contributed by atoms with Crippen LogP contribution in [0.1, 0.15) is 25.0 Å². The molecule has 0 amide bonds. The van der Waals surface area contributed by atoms with Gasteiger partial charge >= 0.3 is 0 Å². The molecule has 1 aliphatic heterocycles. The highest BCUT2D eigenvalue weighted by Crippen LogP contribution is 2.43. The summed E-state index contributed by atoms with van der Waals surface area (Å²) < 4.78 is 11.8. The molecule has 0 fully saturated rings. The molecule has 0 bridgehead atoms. The van der Waals surface area contributed by atoms with Crippen molar-refractivity contribution in [3.63, 3.8) is 0 Å². The average molecular weight is 300 g/mol. The predicted molar refractivity (Wildman–Crippen MR) is 81.1 cm³/mol. The minimum atomic E-state index is -0.242. The highest BCUT2D eigenvalue weighted by molar-refractivity contribution is 6.30. The Balaban J connectivity index is 2.00.